The molecule has 0 aliphatic heterocycles. The van der Waals surface area contributed by atoms with Crippen LogP contribution < -0.4 is 5.56 Å². The normalized spacial score (nSPS) is 12.5. The molecular formula is C19H18BrNO. The molecule has 0 bridgehead atoms. The van der Waals surface area contributed by atoms with Gasteiger partial charge < -0.3 is 4.57 Å². The third kappa shape index (κ3) is 2.50. The first kappa shape index (κ1) is 15.0. The summed E-state index contributed by atoms with van der Waals surface area (Å²) in [5, 5.41) is 1.81. The summed E-state index contributed by atoms with van der Waals surface area (Å²) in [5.74, 6) is 0. The molecule has 0 saturated heterocycles. The van der Waals surface area contributed by atoms with E-state index in [9.17, 15) is 4.79 Å². The number of pyridine rings is 1. The highest BCUT2D eigenvalue weighted by atomic mass is 79.9. The molecule has 3 heteroatoms. The van der Waals surface area contributed by atoms with Crippen LogP contribution in [0.1, 0.15) is 22.9 Å². The van der Waals surface area contributed by atoms with Gasteiger partial charge in [0.15, 0.2) is 0 Å². The highest BCUT2D eigenvalue weighted by Crippen LogP contribution is 2.31. The third-order valence-electron chi connectivity index (χ3n) is 4.03. The second-order valence-corrected chi connectivity index (χ2v) is 7.06. The van der Waals surface area contributed by atoms with Crippen LogP contribution in [0.2, 0.25) is 0 Å². The SMILES string of the molecule is Cc1cc(C(C)Br)c2cc(-c3ccccc3)n(C)c(=O)c2c1. The van der Waals surface area contributed by atoms with E-state index in [4.69, 9.17) is 0 Å². The van der Waals surface area contributed by atoms with Crippen LogP contribution >= 0.6 is 15.9 Å². The molecular weight excluding hydrogens is 338 g/mol. The standard InChI is InChI=1S/C19H18BrNO/c1-12-9-15(13(2)20)16-11-18(14-7-5-4-6-8-14)21(3)19(22)17(16)10-12/h4-11,13H,1-3H3. The number of hydrogen-bond donors (Lipinski definition) is 0. The van der Waals surface area contributed by atoms with Crippen molar-refractivity contribution in [1.82, 2.24) is 4.57 Å². The lowest BCUT2D eigenvalue weighted by Gasteiger charge is -2.15. The largest absolute Gasteiger partial charge is 0.311 e. The van der Waals surface area contributed by atoms with Gasteiger partial charge in [-0.3, -0.25) is 4.79 Å². The van der Waals surface area contributed by atoms with Crippen molar-refractivity contribution in [2.24, 2.45) is 7.05 Å². The lowest BCUT2D eigenvalue weighted by Crippen LogP contribution is -2.19. The minimum absolute atomic E-state index is 0.0504. The van der Waals surface area contributed by atoms with Crippen LogP contribution in [0, 0.1) is 6.92 Å². The molecule has 0 aliphatic rings. The van der Waals surface area contributed by atoms with Gasteiger partial charge in [-0.25, -0.2) is 0 Å². The van der Waals surface area contributed by atoms with Crippen molar-refractivity contribution in [3.05, 3.63) is 70.0 Å². The van der Waals surface area contributed by atoms with E-state index in [1.54, 1.807) is 4.57 Å². The van der Waals surface area contributed by atoms with Crippen LogP contribution in [0.5, 0.6) is 0 Å². The van der Waals surface area contributed by atoms with Gasteiger partial charge >= 0.3 is 0 Å². The number of aromatic nitrogens is 1. The molecule has 0 spiro atoms. The smallest absolute Gasteiger partial charge is 0.258 e. The Morgan fingerprint density at radius 2 is 1.73 bits per heavy atom. The summed E-state index contributed by atoms with van der Waals surface area (Å²) in [6.07, 6.45) is 0. The quantitative estimate of drug-likeness (QED) is 0.594. The zero-order valence-electron chi connectivity index (χ0n) is 12.9. The van der Waals surface area contributed by atoms with Gasteiger partial charge in [-0.2, -0.15) is 0 Å². The Labute approximate surface area is 138 Å². The van der Waals surface area contributed by atoms with Crippen molar-refractivity contribution in [1.29, 1.82) is 0 Å². The van der Waals surface area contributed by atoms with E-state index in [0.717, 1.165) is 33.2 Å². The second kappa shape index (κ2) is 5.73. The first-order valence-electron chi connectivity index (χ1n) is 7.33. The number of rotatable bonds is 2. The first-order valence-corrected chi connectivity index (χ1v) is 8.24. The number of benzene rings is 2. The molecule has 3 rings (SSSR count). The summed E-state index contributed by atoms with van der Waals surface area (Å²) in [4.78, 5) is 13.0. The molecule has 1 aromatic heterocycles. The Balaban J connectivity index is 2.43. The second-order valence-electron chi connectivity index (χ2n) is 5.69. The van der Waals surface area contributed by atoms with Crippen LogP contribution in [0.4, 0.5) is 0 Å². The van der Waals surface area contributed by atoms with Gasteiger partial charge in [0, 0.05) is 17.3 Å². The average molecular weight is 356 g/mol. The van der Waals surface area contributed by atoms with Crippen LogP contribution in [0.3, 0.4) is 0 Å². The van der Waals surface area contributed by atoms with Crippen molar-refractivity contribution >= 4 is 26.7 Å². The van der Waals surface area contributed by atoms with E-state index in [1.807, 2.05) is 50.4 Å². The molecule has 0 fully saturated rings. The molecule has 2 nitrogen and oxygen atoms in total. The lowest BCUT2D eigenvalue weighted by molar-refractivity contribution is 0.882. The maximum atomic E-state index is 12.8. The van der Waals surface area contributed by atoms with Crippen molar-refractivity contribution in [2.45, 2.75) is 18.7 Å². The molecule has 3 aromatic rings. The van der Waals surface area contributed by atoms with Crippen LogP contribution in [-0.2, 0) is 7.05 Å². The van der Waals surface area contributed by atoms with Crippen LogP contribution in [0.25, 0.3) is 22.0 Å². The van der Waals surface area contributed by atoms with E-state index >= 15 is 0 Å². The molecule has 112 valence electrons. The minimum Gasteiger partial charge on any atom is -0.311 e. The summed E-state index contributed by atoms with van der Waals surface area (Å²) in [6.45, 7) is 4.12. The Hall–Kier alpha value is -1.87. The van der Waals surface area contributed by atoms with Gasteiger partial charge in [-0.1, -0.05) is 52.3 Å². The summed E-state index contributed by atoms with van der Waals surface area (Å²) in [5.41, 5.74) is 4.31. The first-order chi connectivity index (χ1) is 10.5. The third-order valence-corrected chi connectivity index (χ3v) is 4.53. The Morgan fingerprint density at radius 3 is 2.36 bits per heavy atom. The zero-order chi connectivity index (χ0) is 15.9. The number of nitrogens with zero attached hydrogens (tertiary/aromatic N) is 1. The Bertz CT molecular complexity index is 895. The molecule has 0 amide bonds. The molecule has 1 atom stereocenters. The summed E-state index contributed by atoms with van der Waals surface area (Å²) >= 11 is 3.65. The maximum absolute atomic E-state index is 12.8. The fraction of sp³-hybridized carbons (Fsp3) is 0.211. The van der Waals surface area contributed by atoms with Crippen molar-refractivity contribution in [2.75, 3.05) is 0 Å². The molecule has 22 heavy (non-hydrogen) atoms. The van der Waals surface area contributed by atoms with E-state index in [2.05, 4.69) is 35.0 Å². The molecule has 0 radical (unpaired) electrons. The topological polar surface area (TPSA) is 22.0 Å². The van der Waals surface area contributed by atoms with Gasteiger partial charge in [0.1, 0.15) is 0 Å². The van der Waals surface area contributed by atoms with Crippen LogP contribution in [0.15, 0.2) is 53.3 Å². The van der Waals surface area contributed by atoms with E-state index in [1.165, 1.54) is 0 Å². The molecule has 0 N–H and O–H groups in total. The summed E-state index contributed by atoms with van der Waals surface area (Å²) < 4.78 is 1.74. The number of alkyl halides is 1. The number of halogens is 1. The van der Waals surface area contributed by atoms with Crippen LogP contribution in [-0.4, -0.2) is 4.57 Å². The van der Waals surface area contributed by atoms with Gasteiger partial charge in [0.2, 0.25) is 0 Å². The highest BCUT2D eigenvalue weighted by Gasteiger charge is 2.14. The van der Waals surface area contributed by atoms with Gasteiger partial charge in [0.25, 0.3) is 5.56 Å². The maximum Gasteiger partial charge on any atom is 0.258 e. The van der Waals surface area contributed by atoms with Gasteiger partial charge in [0.05, 0.1) is 5.69 Å². The predicted molar refractivity (Wildman–Crippen MR) is 96.7 cm³/mol. The molecule has 2 aromatic carbocycles. The molecule has 0 saturated carbocycles. The molecule has 1 heterocycles. The number of fused-ring (bicyclic) bond motifs is 1. The number of aryl methyl sites for hydroxylation is 1. The number of hydrogen-bond acceptors (Lipinski definition) is 1. The molecule has 0 aliphatic carbocycles. The summed E-state index contributed by atoms with van der Waals surface area (Å²) in [6, 6.07) is 16.3. The van der Waals surface area contributed by atoms with Crippen molar-refractivity contribution in [3.8, 4) is 11.3 Å². The predicted octanol–water partition coefficient (Wildman–Crippen LogP) is 4.97. The zero-order valence-corrected chi connectivity index (χ0v) is 14.5. The Morgan fingerprint density at radius 1 is 1.05 bits per heavy atom. The van der Waals surface area contributed by atoms with Gasteiger partial charge in [-0.05, 0) is 48.1 Å². The average Bonchev–Trinajstić information content (AvgIpc) is 2.51. The van der Waals surface area contributed by atoms with E-state index in [0.29, 0.717) is 0 Å². The van der Waals surface area contributed by atoms with E-state index in [-0.39, 0.29) is 10.4 Å². The monoisotopic (exact) mass is 355 g/mol. The molecule has 1 unspecified atom stereocenters. The van der Waals surface area contributed by atoms with Crippen molar-refractivity contribution in [3.63, 3.8) is 0 Å². The lowest BCUT2D eigenvalue weighted by atomic mass is 9.98. The van der Waals surface area contributed by atoms with E-state index < -0.39 is 0 Å². The van der Waals surface area contributed by atoms with Gasteiger partial charge in [-0.15, -0.1) is 0 Å². The highest BCUT2D eigenvalue weighted by molar-refractivity contribution is 9.09. The van der Waals surface area contributed by atoms with Crippen molar-refractivity contribution < 1.29 is 0 Å². The fourth-order valence-electron chi connectivity index (χ4n) is 2.90. The minimum atomic E-state index is 0.0504. The fourth-order valence-corrected chi connectivity index (χ4v) is 3.28. The Kier molecular flexibility index (Phi) is 3.92. The summed E-state index contributed by atoms with van der Waals surface area (Å²) in [7, 11) is 1.84.